The van der Waals surface area contributed by atoms with Crippen molar-refractivity contribution in [3.63, 3.8) is 0 Å². The molecule has 1 aliphatic rings. The Labute approximate surface area is 157 Å². The van der Waals surface area contributed by atoms with Gasteiger partial charge in [0.05, 0.1) is 22.4 Å². The fraction of sp³-hybridized carbons (Fsp3) is 0.238. The second-order valence-corrected chi connectivity index (χ2v) is 7.52. The molecule has 2 heterocycles. The first-order valence-electron chi connectivity index (χ1n) is 8.82. The molecule has 5 heteroatoms. The van der Waals surface area contributed by atoms with Crippen LogP contribution in [0.2, 0.25) is 0 Å². The third-order valence-electron chi connectivity index (χ3n) is 4.70. The summed E-state index contributed by atoms with van der Waals surface area (Å²) < 4.78 is 1.85. The van der Waals surface area contributed by atoms with Crippen LogP contribution in [-0.4, -0.2) is 21.4 Å². The van der Waals surface area contributed by atoms with Crippen molar-refractivity contribution in [1.29, 1.82) is 0 Å². The van der Waals surface area contributed by atoms with Crippen LogP contribution in [0, 0.1) is 6.92 Å². The fourth-order valence-corrected chi connectivity index (χ4v) is 4.52. The van der Waals surface area contributed by atoms with E-state index in [0.717, 1.165) is 29.2 Å². The minimum atomic E-state index is 0.0148. The van der Waals surface area contributed by atoms with Crippen LogP contribution in [0.1, 0.15) is 34.6 Å². The summed E-state index contributed by atoms with van der Waals surface area (Å²) in [7, 11) is 0. The van der Waals surface area contributed by atoms with Crippen LogP contribution in [0.15, 0.2) is 54.6 Å². The molecule has 4 rings (SSSR count). The van der Waals surface area contributed by atoms with E-state index in [4.69, 9.17) is 5.10 Å². The van der Waals surface area contributed by atoms with Gasteiger partial charge in [0, 0.05) is 5.56 Å². The van der Waals surface area contributed by atoms with E-state index in [1.54, 1.807) is 11.8 Å². The third-order valence-corrected chi connectivity index (χ3v) is 5.97. The lowest BCUT2D eigenvalue weighted by Crippen LogP contribution is -2.15. The number of para-hydroxylation sites is 1. The third kappa shape index (κ3) is 3.03. The van der Waals surface area contributed by atoms with Gasteiger partial charge in [0.25, 0.3) is 0 Å². The molecule has 1 amide bonds. The van der Waals surface area contributed by atoms with Crippen LogP contribution in [0.5, 0.6) is 0 Å². The van der Waals surface area contributed by atoms with E-state index in [9.17, 15) is 4.79 Å². The Balaban J connectivity index is 1.85. The van der Waals surface area contributed by atoms with Gasteiger partial charge in [-0.3, -0.25) is 4.79 Å². The van der Waals surface area contributed by atoms with Gasteiger partial charge in [-0.25, -0.2) is 4.68 Å². The number of anilines is 1. The van der Waals surface area contributed by atoms with Crippen molar-refractivity contribution in [3.8, 4) is 5.69 Å². The zero-order valence-electron chi connectivity index (χ0n) is 14.9. The molecule has 1 aromatic heterocycles. The molecule has 1 atom stereocenters. The van der Waals surface area contributed by atoms with Crippen LogP contribution >= 0.6 is 11.8 Å². The van der Waals surface area contributed by atoms with Gasteiger partial charge in [-0.1, -0.05) is 49.4 Å². The molecule has 132 valence electrons. The molecule has 0 spiro atoms. The minimum absolute atomic E-state index is 0.0148. The van der Waals surface area contributed by atoms with Crippen molar-refractivity contribution in [2.45, 2.75) is 25.5 Å². The van der Waals surface area contributed by atoms with Crippen LogP contribution < -0.4 is 5.32 Å². The van der Waals surface area contributed by atoms with Crippen molar-refractivity contribution in [2.24, 2.45) is 0 Å². The van der Waals surface area contributed by atoms with E-state index in [1.165, 1.54) is 11.1 Å². The number of fused-ring (bicyclic) bond motifs is 1. The van der Waals surface area contributed by atoms with E-state index >= 15 is 0 Å². The summed E-state index contributed by atoms with van der Waals surface area (Å²) in [5, 5.41) is 7.90. The maximum atomic E-state index is 12.3. The van der Waals surface area contributed by atoms with Crippen LogP contribution in [0.3, 0.4) is 0 Å². The molecule has 0 bridgehead atoms. The van der Waals surface area contributed by atoms with Crippen molar-refractivity contribution in [2.75, 3.05) is 11.1 Å². The molecule has 3 aromatic rings. The van der Waals surface area contributed by atoms with E-state index in [1.807, 2.05) is 41.9 Å². The molecular formula is C21H21N3OS. The number of carbonyl (C=O) groups is 1. The van der Waals surface area contributed by atoms with Gasteiger partial charge in [0.15, 0.2) is 0 Å². The molecule has 0 saturated heterocycles. The number of nitrogens with one attached hydrogen (secondary N) is 1. The van der Waals surface area contributed by atoms with E-state index in [-0.39, 0.29) is 11.2 Å². The largest absolute Gasteiger partial charge is 0.310 e. The van der Waals surface area contributed by atoms with Gasteiger partial charge in [-0.05, 0) is 36.6 Å². The summed E-state index contributed by atoms with van der Waals surface area (Å²) in [4.78, 5) is 12.3. The first-order valence-corrected chi connectivity index (χ1v) is 9.87. The van der Waals surface area contributed by atoms with Crippen molar-refractivity contribution >= 4 is 23.5 Å². The Kier molecular flexibility index (Phi) is 4.55. The molecule has 1 aliphatic heterocycles. The predicted octanol–water partition coefficient (Wildman–Crippen LogP) is 4.52. The average molecular weight is 363 g/mol. The maximum absolute atomic E-state index is 12.3. The molecule has 0 radical (unpaired) electrons. The van der Waals surface area contributed by atoms with Gasteiger partial charge >= 0.3 is 0 Å². The predicted molar refractivity (Wildman–Crippen MR) is 107 cm³/mol. The summed E-state index contributed by atoms with van der Waals surface area (Å²) in [6.07, 6.45) is 1.02. The number of benzene rings is 2. The number of aryl methyl sites for hydroxylation is 2. The van der Waals surface area contributed by atoms with Crippen LogP contribution in [-0.2, 0) is 11.2 Å². The van der Waals surface area contributed by atoms with Crippen molar-refractivity contribution < 1.29 is 4.79 Å². The normalized spacial score (nSPS) is 16.7. The van der Waals surface area contributed by atoms with Crippen LogP contribution in [0.25, 0.3) is 5.69 Å². The zero-order chi connectivity index (χ0) is 18.1. The monoisotopic (exact) mass is 363 g/mol. The molecule has 4 nitrogen and oxygen atoms in total. The number of amides is 1. The van der Waals surface area contributed by atoms with Gasteiger partial charge in [-0.15, -0.1) is 11.8 Å². The second kappa shape index (κ2) is 7.00. The van der Waals surface area contributed by atoms with Gasteiger partial charge in [-0.2, -0.15) is 5.10 Å². The summed E-state index contributed by atoms with van der Waals surface area (Å²) in [5.41, 5.74) is 5.51. The van der Waals surface area contributed by atoms with E-state index < -0.39 is 0 Å². The molecule has 1 unspecified atom stereocenters. The highest BCUT2D eigenvalue weighted by Gasteiger charge is 2.30. The molecule has 0 saturated carbocycles. The number of thioether (sulfide) groups is 1. The van der Waals surface area contributed by atoms with Crippen molar-refractivity contribution in [1.82, 2.24) is 9.78 Å². The van der Waals surface area contributed by atoms with E-state index in [0.29, 0.717) is 5.75 Å². The maximum Gasteiger partial charge on any atom is 0.235 e. The van der Waals surface area contributed by atoms with Crippen molar-refractivity contribution in [3.05, 3.63) is 77.0 Å². The quantitative estimate of drug-likeness (QED) is 0.744. The Morgan fingerprint density at radius 1 is 1.15 bits per heavy atom. The van der Waals surface area contributed by atoms with Gasteiger partial charge in [0.1, 0.15) is 5.82 Å². The molecule has 0 aliphatic carbocycles. The number of aromatic nitrogens is 2. The lowest BCUT2D eigenvalue weighted by atomic mass is 10.0. The first-order chi connectivity index (χ1) is 12.7. The Hall–Kier alpha value is -2.53. The lowest BCUT2D eigenvalue weighted by Gasteiger charge is -2.16. The van der Waals surface area contributed by atoms with E-state index in [2.05, 4.69) is 36.5 Å². The van der Waals surface area contributed by atoms with Gasteiger partial charge in [0.2, 0.25) is 5.91 Å². The van der Waals surface area contributed by atoms with Gasteiger partial charge < -0.3 is 5.32 Å². The highest BCUT2D eigenvalue weighted by molar-refractivity contribution is 8.00. The molecule has 1 N–H and O–H groups in total. The summed E-state index contributed by atoms with van der Waals surface area (Å²) in [6, 6.07) is 18.6. The molecule has 26 heavy (non-hydrogen) atoms. The number of nitrogens with zero attached hydrogens (tertiary/aromatic N) is 2. The molecule has 2 aromatic carbocycles. The summed E-state index contributed by atoms with van der Waals surface area (Å²) >= 11 is 1.66. The molecular weight excluding hydrogens is 342 g/mol. The standard InChI is InChI=1S/C21H21N3OS/c1-3-15-9-11-16(12-10-15)20-19-14(2)23-24(17-7-5-4-6-8-17)21(19)22-18(25)13-26-20/h4-12,20H,3,13H2,1-2H3,(H,22,25). The Bertz CT molecular complexity index is 932. The number of hydrogen-bond acceptors (Lipinski definition) is 3. The SMILES string of the molecule is CCc1ccc(C2SCC(=O)Nc3c2c(C)nn3-c2ccccc2)cc1. The number of carbonyl (C=O) groups excluding carboxylic acids is 1. The summed E-state index contributed by atoms with van der Waals surface area (Å²) in [5.74, 6) is 1.23. The fourth-order valence-electron chi connectivity index (χ4n) is 3.33. The average Bonchev–Trinajstić information content (AvgIpc) is 2.88. The second-order valence-electron chi connectivity index (χ2n) is 6.43. The number of rotatable bonds is 3. The smallest absolute Gasteiger partial charge is 0.235 e. The van der Waals surface area contributed by atoms with Crippen LogP contribution in [0.4, 0.5) is 5.82 Å². The Morgan fingerprint density at radius 2 is 1.88 bits per heavy atom. The Morgan fingerprint density at radius 3 is 2.58 bits per heavy atom. The number of hydrogen-bond donors (Lipinski definition) is 1. The highest BCUT2D eigenvalue weighted by atomic mass is 32.2. The summed E-state index contributed by atoms with van der Waals surface area (Å²) in [6.45, 7) is 4.17. The first kappa shape index (κ1) is 16.9. The molecule has 0 fully saturated rings. The lowest BCUT2D eigenvalue weighted by molar-refractivity contribution is -0.113. The highest BCUT2D eigenvalue weighted by Crippen LogP contribution is 2.43. The minimum Gasteiger partial charge on any atom is -0.310 e. The zero-order valence-corrected chi connectivity index (χ0v) is 15.7. The topological polar surface area (TPSA) is 46.9 Å².